The van der Waals surface area contributed by atoms with E-state index in [9.17, 15) is 9.59 Å². The molecule has 0 fully saturated rings. The first kappa shape index (κ1) is 16.7. The van der Waals surface area contributed by atoms with Crippen molar-refractivity contribution in [3.05, 3.63) is 47.1 Å². The standard InChI is InChI=1S/C19H15N5O3S/c1-23(2)12-5-6-20-18-15(12)16-17(28-18)19(26)24(9-21-16)10-3-4-13-11(7-10)22-14(25)8-27-13/h3-7,9H,8H2,1-2H3,(H,22,25). The van der Waals surface area contributed by atoms with E-state index in [1.807, 2.05) is 25.1 Å². The molecule has 4 heterocycles. The molecule has 0 unspecified atom stereocenters. The number of carbonyl (C=O) groups is 1. The van der Waals surface area contributed by atoms with Crippen molar-refractivity contribution in [2.45, 2.75) is 0 Å². The Morgan fingerprint density at radius 3 is 2.89 bits per heavy atom. The summed E-state index contributed by atoms with van der Waals surface area (Å²) in [6.07, 6.45) is 3.24. The largest absolute Gasteiger partial charge is 0.482 e. The Kier molecular flexibility index (Phi) is 3.59. The van der Waals surface area contributed by atoms with E-state index in [-0.39, 0.29) is 18.1 Å². The summed E-state index contributed by atoms with van der Waals surface area (Å²) in [4.78, 5) is 36.5. The second-order valence-corrected chi connectivity index (χ2v) is 7.62. The van der Waals surface area contributed by atoms with Crippen molar-refractivity contribution in [2.75, 3.05) is 30.9 Å². The third-order valence-electron chi connectivity index (χ3n) is 4.62. The summed E-state index contributed by atoms with van der Waals surface area (Å²) >= 11 is 1.33. The lowest BCUT2D eigenvalue weighted by Crippen LogP contribution is -2.26. The number of benzene rings is 1. The molecule has 4 aromatic rings. The summed E-state index contributed by atoms with van der Waals surface area (Å²) < 4.78 is 7.38. The van der Waals surface area contributed by atoms with Gasteiger partial charge in [-0.2, -0.15) is 0 Å². The highest BCUT2D eigenvalue weighted by Crippen LogP contribution is 2.35. The second kappa shape index (κ2) is 6.03. The quantitative estimate of drug-likeness (QED) is 0.563. The molecule has 0 radical (unpaired) electrons. The van der Waals surface area contributed by atoms with Gasteiger partial charge in [0, 0.05) is 20.3 Å². The first-order chi connectivity index (χ1) is 13.5. The van der Waals surface area contributed by atoms with Gasteiger partial charge in [0.1, 0.15) is 21.6 Å². The van der Waals surface area contributed by atoms with Gasteiger partial charge in [-0.25, -0.2) is 9.97 Å². The van der Waals surface area contributed by atoms with E-state index in [1.165, 1.54) is 22.2 Å². The lowest BCUT2D eigenvalue weighted by Gasteiger charge is -2.18. The number of hydrogen-bond donors (Lipinski definition) is 1. The van der Waals surface area contributed by atoms with Crippen molar-refractivity contribution < 1.29 is 9.53 Å². The maximum absolute atomic E-state index is 13.2. The molecule has 0 aliphatic carbocycles. The third-order valence-corrected chi connectivity index (χ3v) is 5.69. The van der Waals surface area contributed by atoms with Gasteiger partial charge in [0.25, 0.3) is 11.5 Å². The third kappa shape index (κ3) is 2.43. The number of nitrogens with zero attached hydrogens (tertiary/aromatic N) is 4. The highest BCUT2D eigenvalue weighted by molar-refractivity contribution is 7.25. The number of aromatic nitrogens is 3. The molecular weight excluding hydrogens is 378 g/mol. The van der Waals surface area contributed by atoms with E-state index >= 15 is 0 Å². The van der Waals surface area contributed by atoms with Crippen molar-refractivity contribution in [3.63, 3.8) is 0 Å². The van der Waals surface area contributed by atoms with Crippen LogP contribution in [-0.4, -0.2) is 41.1 Å². The van der Waals surface area contributed by atoms with Gasteiger partial charge in [-0.15, -0.1) is 11.3 Å². The first-order valence-corrected chi connectivity index (χ1v) is 9.38. The molecule has 5 rings (SSSR count). The molecule has 28 heavy (non-hydrogen) atoms. The number of pyridine rings is 1. The van der Waals surface area contributed by atoms with E-state index in [2.05, 4.69) is 15.3 Å². The molecule has 1 N–H and O–H groups in total. The predicted molar refractivity (Wildman–Crippen MR) is 109 cm³/mol. The van der Waals surface area contributed by atoms with Gasteiger partial charge in [-0.3, -0.25) is 14.2 Å². The van der Waals surface area contributed by atoms with Crippen LogP contribution in [0.2, 0.25) is 0 Å². The maximum atomic E-state index is 13.2. The zero-order valence-electron chi connectivity index (χ0n) is 15.1. The zero-order valence-corrected chi connectivity index (χ0v) is 15.9. The minimum absolute atomic E-state index is 0.0111. The van der Waals surface area contributed by atoms with Crippen molar-refractivity contribution in [3.8, 4) is 11.4 Å². The minimum atomic E-state index is -0.225. The summed E-state index contributed by atoms with van der Waals surface area (Å²) in [5.74, 6) is 0.351. The Morgan fingerprint density at radius 2 is 2.07 bits per heavy atom. The molecule has 0 bridgehead atoms. The Balaban J connectivity index is 1.72. The summed E-state index contributed by atoms with van der Waals surface area (Å²) in [5, 5.41) is 3.63. The van der Waals surface area contributed by atoms with Crippen LogP contribution in [0.1, 0.15) is 0 Å². The number of thiophene rings is 1. The number of hydrogen-bond acceptors (Lipinski definition) is 7. The van der Waals surface area contributed by atoms with E-state index < -0.39 is 0 Å². The number of fused-ring (bicyclic) bond motifs is 4. The monoisotopic (exact) mass is 393 g/mol. The SMILES string of the molecule is CN(C)c1ccnc2sc3c(=O)n(-c4ccc5c(c4)NC(=O)CO5)cnc3c12. The normalized spacial score (nSPS) is 13.3. The molecular formula is C19H15N5O3S. The highest BCUT2D eigenvalue weighted by atomic mass is 32.1. The lowest BCUT2D eigenvalue weighted by molar-refractivity contribution is -0.118. The second-order valence-electron chi connectivity index (χ2n) is 6.62. The van der Waals surface area contributed by atoms with Gasteiger partial charge in [-0.05, 0) is 24.3 Å². The van der Waals surface area contributed by atoms with Crippen LogP contribution in [0.3, 0.4) is 0 Å². The Bertz CT molecular complexity index is 1320. The van der Waals surface area contributed by atoms with E-state index in [4.69, 9.17) is 4.74 Å². The average molecular weight is 393 g/mol. The predicted octanol–water partition coefficient (Wildman–Crippen LogP) is 2.39. The molecule has 9 heteroatoms. The van der Waals surface area contributed by atoms with Crippen LogP contribution < -0.4 is 20.5 Å². The topological polar surface area (TPSA) is 89.4 Å². The van der Waals surface area contributed by atoms with Crippen LogP contribution in [0.25, 0.3) is 26.1 Å². The van der Waals surface area contributed by atoms with Crippen molar-refractivity contribution in [1.82, 2.24) is 14.5 Å². The van der Waals surface area contributed by atoms with Crippen molar-refractivity contribution in [1.29, 1.82) is 0 Å². The van der Waals surface area contributed by atoms with Crippen LogP contribution in [0.4, 0.5) is 11.4 Å². The van der Waals surface area contributed by atoms with Gasteiger partial charge in [0.15, 0.2) is 6.61 Å². The van der Waals surface area contributed by atoms with Gasteiger partial charge < -0.3 is 15.0 Å². The van der Waals surface area contributed by atoms with Crippen LogP contribution in [0, 0.1) is 0 Å². The van der Waals surface area contributed by atoms with Crippen LogP contribution in [0.15, 0.2) is 41.6 Å². The molecule has 1 amide bonds. The summed E-state index contributed by atoms with van der Waals surface area (Å²) in [5.41, 5.74) is 2.57. The molecule has 0 spiro atoms. The zero-order chi connectivity index (χ0) is 19.4. The molecule has 0 atom stereocenters. The van der Waals surface area contributed by atoms with E-state index in [0.717, 1.165) is 15.9 Å². The Morgan fingerprint density at radius 1 is 1.21 bits per heavy atom. The first-order valence-electron chi connectivity index (χ1n) is 8.56. The molecule has 0 saturated heterocycles. The summed E-state index contributed by atoms with van der Waals surface area (Å²) in [6.45, 7) is -0.0111. The fourth-order valence-electron chi connectivity index (χ4n) is 3.31. The van der Waals surface area contributed by atoms with E-state index in [0.29, 0.717) is 27.3 Å². The summed E-state index contributed by atoms with van der Waals surface area (Å²) in [6, 6.07) is 7.12. The summed E-state index contributed by atoms with van der Waals surface area (Å²) in [7, 11) is 3.89. The van der Waals surface area contributed by atoms with Crippen molar-refractivity contribution >= 4 is 49.1 Å². The number of rotatable bonds is 2. The lowest BCUT2D eigenvalue weighted by atomic mass is 10.2. The van der Waals surface area contributed by atoms with Gasteiger partial charge in [-0.1, -0.05) is 0 Å². The fourth-order valence-corrected chi connectivity index (χ4v) is 4.36. The van der Waals surface area contributed by atoms with E-state index in [1.54, 1.807) is 24.4 Å². The number of nitrogens with one attached hydrogen (secondary N) is 1. The number of amides is 1. The molecule has 8 nitrogen and oxygen atoms in total. The molecule has 0 saturated carbocycles. The Labute approximate surface area is 163 Å². The van der Waals surface area contributed by atoms with Crippen LogP contribution in [0.5, 0.6) is 5.75 Å². The van der Waals surface area contributed by atoms with Crippen LogP contribution in [-0.2, 0) is 4.79 Å². The smallest absolute Gasteiger partial charge is 0.275 e. The average Bonchev–Trinajstić information content (AvgIpc) is 3.07. The Hall–Kier alpha value is -3.46. The minimum Gasteiger partial charge on any atom is -0.482 e. The highest BCUT2D eigenvalue weighted by Gasteiger charge is 2.19. The number of carbonyl (C=O) groups excluding carboxylic acids is 1. The molecule has 1 aliphatic rings. The maximum Gasteiger partial charge on any atom is 0.275 e. The van der Waals surface area contributed by atoms with Gasteiger partial charge in [0.2, 0.25) is 0 Å². The number of ether oxygens (including phenoxy) is 1. The molecule has 1 aliphatic heterocycles. The molecule has 1 aromatic carbocycles. The van der Waals surface area contributed by atoms with Gasteiger partial charge >= 0.3 is 0 Å². The molecule has 3 aromatic heterocycles. The number of anilines is 2. The fraction of sp³-hybridized carbons (Fsp3) is 0.158. The van der Waals surface area contributed by atoms with Gasteiger partial charge in [0.05, 0.1) is 28.0 Å². The van der Waals surface area contributed by atoms with Crippen molar-refractivity contribution in [2.24, 2.45) is 0 Å². The molecule has 140 valence electrons. The van der Waals surface area contributed by atoms with Crippen LogP contribution >= 0.6 is 11.3 Å².